The Labute approximate surface area is 186 Å². The average molecular weight is 462 g/mol. The number of benzene rings is 2. The fourth-order valence-electron chi connectivity index (χ4n) is 3.00. The first kappa shape index (κ1) is 20.8. The van der Waals surface area contributed by atoms with Gasteiger partial charge in [-0.05, 0) is 23.8 Å². The van der Waals surface area contributed by atoms with Crippen LogP contribution in [-0.2, 0) is 16.1 Å². The molecule has 0 unspecified atom stereocenters. The zero-order chi connectivity index (χ0) is 21.1. The fourth-order valence-corrected chi connectivity index (χ4v) is 4.98. The molecule has 4 rings (SSSR count). The molecule has 3 aromatic rings. The van der Waals surface area contributed by atoms with Gasteiger partial charge in [-0.1, -0.05) is 41.9 Å². The molecule has 0 bridgehead atoms. The molecule has 0 aliphatic carbocycles. The number of halogens is 2. The van der Waals surface area contributed by atoms with Crippen LogP contribution < -0.4 is 4.90 Å². The molecule has 0 saturated carbocycles. The highest BCUT2D eigenvalue weighted by molar-refractivity contribution is 8.00. The minimum absolute atomic E-state index is 0.0198. The lowest BCUT2D eigenvalue weighted by Crippen LogP contribution is -2.41. The Morgan fingerprint density at radius 3 is 2.67 bits per heavy atom. The highest BCUT2D eigenvalue weighted by Crippen LogP contribution is 2.32. The van der Waals surface area contributed by atoms with Gasteiger partial charge in [0.2, 0.25) is 11.8 Å². The number of hydrogen-bond acceptors (Lipinski definition) is 5. The van der Waals surface area contributed by atoms with Crippen LogP contribution >= 0.6 is 34.7 Å². The molecule has 0 atom stereocenters. The Morgan fingerprint density at radius 2 is 1.97 bits per heavy atom. The minimum Gasteiger partial charge on any atom is -0.323 e. The van der Waals surface area contributed by atoms with Crippen molar-refractivity contribution < 1.29 is 14.0 Å². The monoisotopic (exact) mass is 461 g/mol. The third-order valence-electron chi connectivity index (χ3n) is 4.58. The normalized spacial score (nSPS) is 13.7. The Hall–Kier alpha value is -2.42. The van der Waals surface area contributed by atoms with Crippen molar-refractivity contribution in [2.24, 2.45) is 0 Å². The number of rotatable bonds is 6. The smallest absolute Gasteiger partial charge is 0.248 e. The predicted molar refractivity (Wildman–Crippen MR) is 119 cm³/mol. The van der Waals surface area contributed by atoms with E-state index in [1.807, 2.05) is 23.6 Å². The maximum Gasteiger partial charge on any atom is 0.248 e. The Morgan fingerprint density at radius 1 is 1.20 bits per heavy atom. The van der Waals surface area contributed by atoms with E-state index >= 15 is 0 Å². The molecule has 154 valence electrons. The van der Waals surface area contributed by atoms with Gasteiger partial charge in [0.25, 0.3) is 0 Å². The number of anilines is 1. The quantitative estimate of drug-likeness (QED) is 0.535. The molecule has 2 heterocycles. The van der Waals surface area contributed by atoms with Crippen molar-refractivity contribution in [3.05, 3.63) is 70.3 Å². The van der Waals surface area contributed by atoms with Crippen molar-refractivity contribution in [1.82, 2.24) is 9.88 Å². The minimum atomic E-state index is -0.341. The van der Waals surface area contributed by atoms with Crippen molar-refractivity contribution in [1.29, 1.82) is 0 Å². The second-order valence-electron chi connectivity index (χ2n) is 6.67. The summed E-state index contributed by atoms with van der Waals surface area (Å²) in [5.41, 5.74) is 2.22. The summed E-state index contributed by atoms with van der Waals surface area (Å²) in [5.74, 6) is 0.254. The molecule has 30 heavy (non-hydrogen) atoms. The highest BCUT2D eigenvalue weighted by Gasteiger charge is 2.27. The van der Waals surface area contributed by atoms with E-state index in [0.717, 1.165) is 11.1 Å². The number of carbonyl (C=O) groups is 2. The first-order chi connectivity index (χ1) is 14.5. The van der Waals surface area contributed by atoms with Gasteiger partial charge in [0.05, 0.1) is 23.9 Å². The second kappa shape index (κ2) is 9.16. The number of aromatic nitrogens is 1. The molecule has 1 aromatic heterocycles. The maximum atomic E-state index is 13.3. The van der Waals surface area contributed by atoms with Crippen LogP contribution in [0.4, 0.5) is 9.52 Å². The predicted octanol–water partition coefficient (Wildman–Crippen LogP) is 4.67. The molecule has 9 heteroatoms. The number of amides is 2. The number of thioether (sulfide) groups is 1. The fraction of sp³-hybridized carbons (Fsp3) is 0.190. The van der Waals surface area contributed by atoms with E-state index in [1.165, 1.54) is 45.0 Å². The Kier molecular flexibility index (Phi) is 6.36. The first-order valence-corrected chi connectivity index (χ1v) is 11.5. The van der Waals surface area contributed by atoms with Gasteiger partial charge in [-0.25, -0.2) is 9.37 Å². The molecule has 1 aliphatic rings. The SMILES string of the molecule is O=C1CSCN1CC(=O)N(Cc1ccc(F)cc1)c1nc(-c2ccccc2Cl)cs1. The summed E-state index contributed by atoms with van der Waals surface area (Å²) in [6.45, 7) is 0.206. The van der Waals surface area contributed by atoms with Gasteiger partial charge < -0.3 is 4.90 Å². The number of nitrogens with zero attached hydrogens (tertiary/aromatic N) is 3. The summed E-state index contributed by atoms with van der Waals surface area (Å²) < 4.78 is 13.3. The lowest BCUT2D eigenvalue weighted by Gasteiger charge is -2.23. The van der Waals surface area contributed by atoms with E-state index in [1.54, 1.807) is 18.2 Å². The molecule has 1 fully saturated rings. The molecule has 2 aromatic carbocycles. The van der Waals surface area contributed by atoms with Crippen molar-refractivity contribution in [3.8, 4) is 11.3 Å². The van der Waals surface area contributed by atoms with Crippen molar-refractivity contribution in [2.45, 2.75) is 6.54 Å². The topological polar surface area (TPSA) is 53.5 Å². The lowest BCUT2D eigenvalue weighted by molar-refractivity contribution is -0.131. The van der Waals surface area contributed by atoms with Crippen molar-refractivity contribution in [2.75, 3.05) is 23.1 Å². The van der Waals surface area contributed by atoms with Crippen LogP contribution in [0, 0.1) is 5.82 Å². The van der Waals surface area contributed by atoms with Gasteiger partial charge in [-0.3, -0.25) is 14.5 Å². The first-order valence-electron chi connectivity index (χ1n) is 9.12. The standard InChI is InChI=1S/C21H17ClFN3O2S2/c22-17-4-2-1-3-16(17)18-11-30-21(24-18)26(9-14-5-7-15(23)8-6-14)19(27)10-25-13-29-12-20(25)28/h1-8,11H,9-10,12-13H2. The molecule has 0 N–H and O–H groups in total. The number of carbonyl (C=O) groups excluding carboxylic acids is 2. The van der Waals surface area contributed by atoms with Gasteiger partial charge >= 0.3 is 0 Å². The van der Waals surface area contributed by atoms with Crippen LogP contribution in [0.5, 0.6) is 0 Å². The summed E-state index contributed by atoms with van der Waals surface area (Å²) >= 11 is 9.09. The summed E-state index contributed by atoms with van der Waals surface area (Å²) in [5, 5.41) is 2.92. The molecule has 5 nitrogen and oxygen atoms in total. The second-order valence-corrected chi connectivity index (χ2v) is 8.87. The summed E-state index contributed by atoms with van der Waals surface area (Å²) in [6, 6.07) is 13.4. The third-order valence-corrected chi connectivity index (χ3v) is 6.72. The maximum absolute atomic E-state index is 13.3. The van der Waals surface area contributed by atoms with Gasteiger partial charge in [-0.2, -0.15) is 0 Å². The lowest BCUT2D eigenvalue weighted by atomic mass is 10.2. The molecule has 2 amide bonds. The molecular formula is C21H17ClFN3O2S2. The van der Waals surface area contributed by atoms with E-state index in [2.05, 4.69) is 4.98 Å². The van der Waals surface area contributed by atoms with Crippen LogP contribution in [0.3, 0.4) is 0 Å². The average Bonchev–Trinajstić information content (AvgIpc) is 3.37. The Balaban J connectivity index is 1.62. The van der Waals surface area contributed by atoms with Gasteiger partial charge in [0.1, 0.15) is 12.4 Å². The Bertz CT molecular complexity index is 1070. The van der Waals surface area contributed by atoms with Crippen LogP contribution in [0.25, 0.3) is 11.3 Å². The van der Waals surface area contributed by atoms with Crippen LogP contribution in [-0.4, -0.2) is 39.9 Å². The molecule has 1 aliphatic heterocycles. The summed E-state index contributed by atoms with van der Waals surface area (Å²) in [4.78, 5) is 32.8. The largest absolute Gasteiger partial charge is 0.323 e. The van der Waals surface area contributed by atoms with Crippen LogP contribution in [0.2, 0.25) is 5.02 Å². The summed E-state index contributed by atoms with van der Waals surface area (Å²) in [6.07, 6.45) is 0. The molecule has 1 saturated heterocycles. The summed E-state index contributed by atoms with van der Waals surface area (Å²) in [7, 11) is 0. The zero-order valence-electron chi connectivity index (χ0n) is 15.8. The van der Waals surface area contributed by atoms with Crippen molar-refractivity contribution >= 4 is 51.6 Å². The van der Waals surface area contributed by atoms with Crippen molar-refractivity contribution in [3.63, 3.8) is 0 Å². The van der Waals surface area contributed by atoms with Crippen LogP contribution in [0.1, 0.15) is 5.56 Å². The third kappa shape index (κ3) is 4.66. The van der Waals surface area contributed by atoms with Gasteiger partial charge in [0, 0.05) is 16.0 Å². The van der Waals surface area contributed by atoms with Gasteiger partial charge in [0.15, 0.2) is 5.13 Å². The highest BCUT2D eigenvalue weighted by atomic mass is 35.5. The number of thiazole rings is 1. The van der Waals surface area contributed by atoms with E-state index in [-0.39, 0.29) is 30.7 Å². The van der Waals surface area contributed by atoms with Gasteiger partial charge in [-0.15, -0.1) is 23.1 Å². The molecule has 0 spiro atoms. The molecular weight excluding hydrogens is 445 g/mol. The van der Waals surface area contributed by atoms with E-state index in [0.29, 0.717) is 27.5 Å². The van der Waals surface area contributed by atoms with E-state index in [4.69, 9.17) is 11.6 Å². The number of hydrogen-bond donors (Lipinski definition) is 0. The zero-order valence-corrected chi connectivity index (χ0v) is 18.1. The van der Waals surface area contributed by atoms with Crippen LogP contribution in [0.15, 0.2) is 53.9 Å². The van der Waals surface area contributed by atoms with E-state index in [9.17, 15) is 14.0 Å². The molecule has 0 radical (unpaired) electrons. The van der Waals surface area contributed by atoms with E-state index < -0.39 is 0 Å².